The van der Waals surface area contributed by atoms with Gasteiger partial charge in [0.15, 0.2) is 0 Å². The van der Waals surface area contributed by atoms with Gasteiger partial charge in [0.2, 0.25) is 0 Å². The first kappa shape index (κ1) is 15.0. The lowest BCUT2D eigenvalue weighted by Crippen LogP contribution is -2.52. The normalized spacial score (nSPS) is 31.0. The number of fused-ring (bicyclic) bond motifs is 1. The molecule has 116 valence electrons. The Balaban J connectivity index is 1.97. The molecular weight excluding hydrogens is 286 g/mol. The second-order valence-electron chi connectivity index (χ2n) is 7.21. The summed E-state index contributed by atoms with van der Waals surface area (Å²) in [5.74, 6) is -0.755. The molecule has 0 aromatic carbocycles. The van der Waals surface area contributed by atoms with Crippen molar-refractivity contribution < 1.29 is 14.6 Å². The van der Waals surface area contributed by atoms with Crippen molar-refractivity contribution in [3.8, 4) is 0 Å². The summed E-state index contributed by atoms with van der Waals surface area (Å²) < 4.78 is 6.17. The molecule has 1 aromatic rings. The van der Waals surface area contributed by atoms with E-state index in [-0.39, 0.29) is 17.2 Å². The van der Waals surface area contributed by atoms with E-state index >= 15 is 0 Å². The zero-order valence-electron chi connectivity index (χ0n) is 13.0. The van der Waals surface area contributed by atoms with Gasteiger partial charge >= 0.3 is 5.97 Å². The van der Waals surface area contributed by atoms with Crippen LogP contribution < -0.4 is 0 Å². The predicted molar refractivity (Wildman–Crippen MR) is 82.8 cm³/mol. The van der Waals surface area contributed by atoms with Gasteiger partial charge in [-0.05, 0) is 57.5 Å². The molecule has 0 aliphatic carbocycles. The molecule has 1 aromatic heterocycles. The zero-order chi connectivity index (χ0) is 15.4. The fraction of sp³-hybridized carbons (Fsp3) is 0.688. The lowest BCUT2D eigenvalue weighted by molar-refractivity contribution is -0.147. The fourth-order valence-corrected chi connectivity index (χ4v) is 4.90. The summed E-state index contributed by atoms with van der Waals surface area (Å²) in [7, 11) is 0. The van der Waals surface area contributed by atoms with Crippen LogP contribution in [0.1, 0.15) is 50.6 Å². The zero-order valence-corrected chi connectivity index (χ0v) is 13.9. The number of ether oxygens (including phenoxy) is 1. The molecular formula is C16H23NO3S. The summed E-state index contributed by atoms with van der Waals surface area (Å²) in [5.41, 5.74) is 0.441. The van der Waals surface area contributed by atoms with Gasteiger partial charge in [0.05, 0.1) is 11.2 Å². The number of carbonyl (C=O) groups is 1. The largest absolute Gasteiger partial charge is 0.480 e. The molecule has 2 unspecified atom stereocenters. The third-order valence-corrected chi connectivity index (χ3v) is 5.66. The average Bonchev–Trinajstić information content (AvgIpc) is 2.88. The van der Waals surface area contributed by atoms with Crippen molar-refractivity contribution in [2.45, 2.75) is 63.8 Å². The molecule has 0 radical (unpaired) electrons. The molecule has 2 atom stereocenters. The summed E-state index contributed by atoms with van der Waals surface area (Å²) in [6, 6.07) is 1.56. The van der Waals surface area contributed by atoms with Crippen LogP contribution in [0.2, 0.25) is 0 Å². The number of hydrogen-bond donors (Lipinski definition) is 1. The Kier molecular flexibility index (Phi) is 3.43. The number of aliphatic carboxylic acids is 1. The standard InChI is InChI=1S/C16H23NO3S/c1-15(2)9-12(16(3,4)20-15)17-7-5-11-10(6-8-21-11)13(17)14(18)19/h6,8,12-13H,5,7,9H2,1-4H3,(H,18,19). The molecule has 0 bridgehead atoms. The molecule has 3 heterocycles. The quantitative estimate of drug-likeness (QED) is 0.912. The first-order valence-corrected chi connectivity index (χ1v) is 8.34. The second kappa shape index (κ2) is 4.80. The molecule has 1 N–H and O–H groups in total. The van der Waals surface area contributed by atoms with Crippen LogP contribution in [-0.4, -0.2) is 39.8 Å². The van der Waals surface area contributed by atoms with Crippen molar-refractivity contribution in [3.05, 3.63) is 21.9 Å². The minimum atomic E-state index is -0.755. The highest BCUT2D eigenvalue weighted by molar-refractivity contribution is 7.10. The summed E-state index contributed by atoms with van der Waals surface area (Å²) >= 11 is 1.67. The molecule has 3 rings (SSSR count). The summed E-state index contributed by atoms with van der Waals surface area (Å²) in [6.07, 6.45) is 1.80. The van der Waals surface area contributed by atoms with Crippen LogP contribution >= 0.6 is 11.3 Å². The van der Waals surface area contributed by atoms with Gasteiger partial charge in [0.1, 0.15) is 6.04 Å². The average molecular weight is 309 g/mol. The lowest BCUT2D eigenvalue weighted by Gasteiger charge is -2.42. The Morgan fingerprint density at radius 1 is 1.43 bits per heavy atom. The molecule has 1 saturated heterocycles. The van der Waals surface area contributed by atoms with Crippen molar-refractivity contribution in [2.75, 3.05) is 6.54 Å². The summed E-state index contributed by atoms with van der Waals surface area (Å²) in [5, 5.41) is 11.8. The topological polar surface area (TPSA) is 49.8 Å². The van der Waals surface area contributed by atoms with Crippen molar-refractivity contribution in [1.29, 1.82) is 0 Å². The van der Waals surface area contributed by atoms with E-state index in [1.54, 1.807) is 11.3 Å². The van der Waals surface area contributed by atoms with Crippen molar-refractivity contribution in [1.82, 2.24) is 4.90 Å². The van der Waals surface area contributed by atoms with E-state index in [4.69, 9.17) is 4.74 Å². The number of nitrogens with zero attached hydrogens (tertiary/aromatic N) is 1. The van der Waals surface area contributed by atoms with E-state index in [2.05, 4.69) is 32.6 Å². The first-order valence-electron chi connectivity index (χ1n) is 7.46. The van der Waals surface area contributed by atoms with Gasteiger partial charge in [0, 0.05) is 17.5 Å². The molecule has 0 amide bonds. The Morgan fingerprint density at radius 2 is 2.14 bits per heavy atom. The van der Waals surface area contributed by atoms with E-state index in [1.807, 2.05) is 11.4 Å². The third-order valence-electron chi connectivity index (χ3n) is 4.66. The van der Waals surface area contributed by atoms with E-state index in [1.165, 1.54) is 4.88 Å². The second-order valence-corrected chi connectivity index (χ2v) is 8.21. The van der Waals surface area contributed by atoms with Gasteiger partial charge in [-0.15, -0.1) is 11.3 Å². The maximum atomic E-state index is 11.9. The Morgan fingerprint density at radius 3 is 2.71 bits per heavy atom. The highest BCUT2D eigenvalue weighted by Gasteiger charge is 2.51. The molecule has 0 saturated carbocycles. The molecule has 5 heteroatoms. The molecule has 1 fully saturated rings. The Bertz CT molecular complexity index is 564. The van der Waals surface area contributed by atoms with Crippen LogP contribution in [0.5, 0.6) is 0 Å². The van der Waals surface area contributed by atoms with Gasteiger partial charge in [-0.2, -0.15) is 0 Å². The minimum absolute atomic E-state index is 0.127. The van der Waals surface area contributed by atoms with E-state index in [0.717, 1.165) is 24.9 Å². The maximum Gasteiger partial charge on any atom is 0.325 e. The fourth-order valence-electron chi connectivity index (χ4n) is 4.00. The number of hydrogen-bond acceptors (Lipinski definition) is 4. The van der Waals surface area contributed by atoms with Crippen LogP contribution in [0, 0.1) is 0 Å². The molecule has 2 aliphatic heterocycles. The summed E-state index contributed by atoms with van der Waals surface area (Å²) in [6.45, 7) is 9.12. The molecule has 2 aliphatic rings. The first-order chi connectivity index (χ1) is 9.71. The van der Waals surface area contributed by atoms with Gasteiger partial charge in [0.25, 0.3) is 0 Å². The monoisotopic (exact) mass is 309 g/mol. The SMILES string of the molecule is CC1(C)CC(N2CCc3sccc3C2C(=O)O)C(C)(C)O1. The highest BCUT2D eigenvalue weighted by atomic mass is 32.1. The van der Waals surface area contributed by atoms with E-state index < -0.39 is 12.0 Å². The highest BCUT2D eigenvalue weighted by Crippen LogP contribution is 2.45. The van der Waals surface area contributed by atoms with Gasteiger partial charge in [-0.25, -0.2) is 0 Å². The molecule has 21 heavy (non-hydrogen) atoms. The van der Waals surface area contributed by atoms with Gasteiger partial charge < -0.3 is 9.84 Å². The van der Waals surface area contributed by atoms with Crippen molar-refractivity contribution >= 4 is 17.3 Å². The summed E-state index contributed by atoms with van der Waals surface area (Å²) in [4.78, 5) is 15.2. The van der Waals surface area contributed by atoms with Gasteiger partial charge in [-0.3, -0.25) is 9.69 Å². The molecule has 4 nitrogen and oxygen atoms in total. The van der Waals surface area contributed by atoms with E-state index in [0.29, 0.717) is 0 Å². The third kappa shape index (κ3) is 2.51. The number of carboxylic acid groups (broad SMARTS) is 1. The van der Waals surface area contributed by atoms with Crippen LogP contribution in [0.3, 0.4) is 0 Å². The van der Waals surface area contributed by atoms with Crippen LogP contribution in [0.25, 0.3) is 0 Å². The predicted octanol–water partition coefficient (Wildman–Crippen LogP) is 3.08. The number of carboxylic acids is 1. The number of thiophene rings is 1. The smallest absolute Gasteiger partial charge is 0.325 e. The maximum absolute atomic E-state index is 11.9. The Labute approximate surface area is 129 Å². The van der Waals surface area contributed by atoms with Crippen LogP contribution in [0.15, 0.2) is 11.4 Å². The van der Waals surface area contributed by atoms with Crippen LogP contribution in [0.4, 0.5) is 0 Å². The molecule has 0 spiro atoms. The van der Waals surface area contributed by atoms with Gasteiger partial charge in [-0.1, -0.05) is 0 Å². The van der Waals surface area contributed by atoms with Crippen LogP contribution in [-0.2, 0) is 16.0 Å². The Hall–Kier alpha value is -0.910. The van der Waals surface area contributed by atoms with E-state index in [9.17, 15) is 9.90 Å². The lowest BCUT2D eigenvalue weighted by atomic mass is 9.88. The minimum Gasteiger partial charge on any atom is -0.480 e. The van der Waals surface area contributed by atoms with Crippen molar-refractivity contribution in [2.24, 2.45) is 0 Å². The van der Waals surface area contributed by atoms with Crippen molar-refractivity contribution in [3.63, 3.8) is 0 Å². The number of rotatable bonds is 2.